The maximum absolute atomic E-state index is 12.4. The first-order chi connectivity index (χ1) is 16.2. The predicted molar refractivity (Wildman–Crippen MR) is 128 cm³/mol. The largest absolute Gasteiger partial charge is 0.494 e. The molecule has 0 radical (unpaired) electrons. The molecule has 1 aromatic heterocycles. The average Bonchev–Trinajstić information content (AvgIpc) is 3.50. The number of ether oxygens (including phenoxy) is 1. The van der Waals surface area contributed by atoms with E-state index >= 15 is 0 Å². The van der Waals surface area contributed by atoms with Crippen LogP contribution in [0.4, 0.5) is 5.69 Å². The number of aryl methyl sites for hydroxylation is 1. The van der Waals surface area contributed by atoms with E-state index in [4.69, 9.17) is 9.26 Å². The van der Waals surface area contributed by atoms with Crippen molar-refractivity contribution in [3.05, 3.63) is 66.4 Å². The van der Waals surface area contributed by atoms with Crippen molar-refractivity contribution in [2.75, 3.05) is 18.5 Å². The number of rotatable bonds is 11. The number of nitrogens with zero attached hydrogens (tertiary/aromatic N) is 3. The molecule has 1 aliphatic heterocycles. The maximum atomic E-state index is 12.4. The molecule has 1 amide bonds. The van der Waals surface area contributed by atoms with Crippen LogP contribution in [-0.2, 0) is 11.2 Å². The highest BCUT2D eigenvalue weighted by atomic mass is 16.5. The van der Waals surface area contributed by atoms with Crippen LogP contribution in [0.5, 0.6) is 5.75 Å². The van der Waals surface area contributed by atoms with E-state index in [2.05, 4.69) is 33.0 Å². The molecule has 1 atom stereocenters. The Morgan fingerprint density at radius 2 is 2.00 bits per heavy atom. The molecule has 8 heteroatoms. The second-order valence-electron chi connectivity index (χ2n) is 7.84. The molecule has 8 nitrogen and oxygen atoms in total. The highest BCUT2D eigenvalue weighted by Gasteiger charge is 2.19. The minimum Gasteiger partial charge on any atom is -0.494 e. The van der Waals surface area contributed by atoms with Crippen molar-refractivity contribution in [2.24, 2.45) is 5.10 Å². The molecule has 2 N–H and O–H groups in total. The van der Waals surface area contributed by atoms with E-state index in [1.807, 2.05) is 60.8 Å². The summed E-state index contributed by atoms with van der Waals surface area (Å²) in [4.78, 5) is 12.4. The molecule has 0 saturated carbocycles. The molecule has 1 aliphatic rings. The van der Waals surface area contributed by atoms with Gasteiger partial charge >= 0.3 is 0 Å². The van der Waals surface area contributed by atoms with Gasteiger partial charge in [0.15, 0.2) is 5.76 Å². The van der Waals surface area contributed by atoms with Gasteiger partial charge in [-0.25, -0.2) is 5.53 Å². The standard InChI is InChI=1S/C25H29N5O3/c1-2-30-22(18-26-29-30)15-16-32-23-13-11-21(12-14-23)28-24(31)10-6-9-20-17-27-33-25(20)19-7-4-3-5-8-19/h3-5,7-8,11-14,17-18,22,29H,2,6,9-10,15-16H2,1H3,(H,28,31). The molecule has 1 unspecified atom stereocenters. The van der Waals surface area contributed by atoms with E-state index in [1.54, 1.807) is 6.20 Å². The summed E-state index contributed by atoms with van der Waals surface area (Å²) in [6.07, 6.45) is 6.34. The van der Waals surface area contributed by atoms with Crippen molar-refractivity contribution < 1.29 is 14.1 Å². The average molecular weight is 448 g/mol. The number of hydrogen-bond donors (Lipinski definition) is 2. The van der Waals surface area contributed by atoms with Crippen LogP contribution in [0.15, 0.2) is 70.4 Å². The van der Waals surface area contributed by atoms with Crippen molar-refractivity contribution in [3.63, 3.8) is 0 Å². The van der Waals surface area contributed by atoms with Gasteiger partial charge in [-0.2, -0.15) is 10.1 Å². The van der Waals surface area contributed by atoms with Gasteiger partial charge in [0, 0.05) is 42.4 Å². The summed E-state index contributed by atoms with van der Waals surface area (Å²) >= 11 is 0. The van der Waals surface area contributed by atoms with Crippen LogP contribution in [0.2, 0.25) is 0 Å². The van der Waals surface area contributed by atoms with Gasteiger partial charge in [0.25, 0.3) is 0 Å². The van der Waals surface area contributed by atoms with Crippen LogP contribution in [0.1, 0.15) is 31.7 Å². The smallest absolute Gasteiger partial charge is 0.224 e. The van der Waals surface area contributed by atoms with Gasteiger partial charge in [-0.15, -0.1) is 0 Å². The fourth-order valence-corrected chi connectivity index (χ4v) is 3.74. The first-order valence-electron chi connectivity index (χ1n) is 11.3. The van der Waals surface area contributed by atoms with Gasteiger partial charge < -0.3 is 14.6 Å². The monoisotopic (exact) mass is 447 g/mol. The lowest BCUT2D eigenvalue weighted by Gasteiger charge is -2.20. The number of nitrogens with one attached hydrogen (secondary N) is 2. The summed E-state index contributed by atoms with van der Waals surface area (Å²) < 4.78 is 11.2. The highest BCUT2D eigenvalue weighted by molar-refractivity contribution is 5.90. The normalized spacial score (nSPS) is 15.4. The lowest BCUT2D eigenvalue weighted by Crippen LogP contribution is -2.38. The fraction of sp³-hybridized carbons (Fsp3) is 0.320. The Morgan fingerprint density at radius 1 is 1.18 bits per heavy atom. The Bertz CT molecular complexity index is 1050. The molecule has 0 saturated heterocycles. The highest BCUT2D eigenvalue weighted by Crippen LogP contribution is 2.24. The van der Waals surface area contributed by atoms with Crippen LogP contribution < -0.4 is 15.6 Å². The Balaban J connectivity index is 1.18. The minimum atomic E-state index is -0.0194. The van der Waals surface area contributed by atoms with Crippen LogP contribution in [0.25, 0.3) is 11.3 Å². The van der Waals surface area contributed by atoms with Gasteiger partial charge in [-0.3, -0.25) is 4.79 Å². The third-order valence-corrected chi connectivity index (χ3v) is 5.52. The molecule has 2 heterocycles. The van der Waals surface area contributed by atoms with Gasteiger partial charge in [-0.05, 0) is 37.1 Å². The van der Waals surface area contributed by atoms with Gasteiger partial charge in [0.05, 0.1) is 18.8 Å². The van der Waals surface area contributed by atoms with Crippen molar-refractivity contribution in [1.29, 1.82) is 0 Å². The first-order valence-corrected chi connectivity index (χ1v) is 11.3. The SMILES string of the molecule is CCN1NN=CC1CCOc1ccc(NC(=O)CCCc2cnoc2-c2ccccc2)cc1. The number of anilines is 1. The third-order valence-electron chi connectivity index (χ3n) is 5.52. The molecular weight excluding hydrogens is 418 g/mol. The number of amides is 1. The number of carbonyl (C=O) groups excluding carboxylic acids is 1. The Hall–Kier alpha value is -3.65. The molecule has 0 aliphatic carbocycles. The van der Waals surface area contributed by atoms with Crippen LogP contribution in [0, 0.1) is 0 Å². The second-order valence-corrected chi connectivity index (χ2v) is 7.84. The maximum Gasteiger partial charge on any atom is 0.224 e. The number of hydrogen-bond acceptors (Lipinski definition) is 7. The zero-order chi connectivity index (χ0) is 22.9. The lowest BCUT2D eigenvalue weighted by molar-refractivity contribution is -0.116. The van der Waals surface area contributed by atoms with Gasteiger partial charge in [0.2, 0.25) is 5.91 Å². The molecule has 2 aromatic carbocycles. The van der Waals surface area contributed by atoms with Gasteiger partial charge in [0.1, 0.15) is 5.75 Å². The van der Waals surface area contributed by atoms with Crippen molar-refractivity contribution in [3.8, 4) is 17.1 Å². The Morgan fingerprint density at radius 3 is 2.79 bits per heavy atom. The summed E-state index contributed by atoms with van der Waals surface area (Å²) in [5, 5.41) is 13.0. The molecule has 0 bridgehead atoms. The van der Waals surface area contributed by atoms with Crippen molar-refractivity contribution in [1.82, 2.24) is 15.7 Å². The van der Waals surface area contributed by atoms with E-state index in [1.165, 1.54) is 0 Å². The molecular formula is C25H29N5O3. The van der Waals surface area contributed by atoms with E-state index in [-0.39, 0.29) is 11.9 Å². The van der Waals surface area contributed by atoms with Crippen molar-refractivity contribution in [2.45, 2.75) is 38.6 Å². The first kappa shape index (κ1) is 22.5. The Labute approximate surface area is 193 Å². The lowest BCUT2D eigenvalue weighted by atomic mass is 10.0. The number of aromatic nitrogens is 1. The summed E-state index contributed by atoms with van der Waals surface area (Å²) in [6.45, 7) is 3.56. The van der Waals surface area contributed by atoms with E-state index in [0.717, 1.165) is 47.7 Å². The summed E-state index contributed by atoms with van der Waals surface area (Å²) in [5.74, 6) is 1.53. The molecule has 0 spiro atoms. The zero-order valence-electron chi connectivity index (χ0n) is 18.7. The van der Waals surface area contributed by atoms with Crippen LogP contribution in [0.3, 0.4) is 0 Å². The summed E-state index contributed by atoms with van der Waals surface area (Å²) in [5.41, 5.74) is 5.72. The number of carbonyl (C=O) groups is 1. The third kappa shape index (κ3) is 6.20. The number of hydrazine groups is 1. The van der Waals surface area contributed by atoms with Crippen molar-refractivity contribution >= 4 is 17.8 Å². The molecule has 4 rings (SSSR count). The summed E-state index contributed by atoms with van der Waals surface area (Å²) in [6, 6.07) is 17.6. The quantitative estimate of drug-likeness (QED) is 0.456. The number of benzene rings is 2. The van der Waals surface area contributed by atoms with E-state index < -0.39 is 0 Å². The van der Waals surface area contributed by atoms with Crippen LogP contribution >= 0.6 is 0 Å². The molecule has 3 aromatic rings. The fourth-order valence-electron chi connectivity index (χ4n) is 3.74. The van der Waals surface area contributed by atoms with Crippen LogP contribution in [-0.4, -0.2) is 41.5 Å². The topological polar surface area (TPSA) is 92.0 Å². The molecule has 172 valence electrons. The van der Waals surface area contributed by atoms with E-state index in [9.17, 15) is 4.79 Å². The minimum absolute atomic E-state index is 0.0194. The number of hydrazone groups is 1. The predicted octanol–water partition coefficient (Wildman–Crippen LogP) is 4.27. The van der Waals surface area contributed by atoms with Gasteiger partial charge in [-0.1, -0.05) is 42.4 Å². The zero-order valence-corrected chi connectivity index (χ0v) is 18.7. The van der Waals surface area contributed by atoms with E-state index in [0.29, 0.717) is 19.4 Å². The molecule has 0 fully saturated rings. The molecule has 33 heavy (non-hydrogen) atoms. The second kappa shape index (κ2) is 11.3. The summed E-state index contributed by atoms with van der Waals surface area (Å²) in [7, 11) is 0. The Kier molecular flexibility index (Phi) is 7.71.